The van der Waals surface area contributed by atoms with Crippen LogP contribution in [0.4, 0.5) is 0 Å². The molecule has 3 aliphatic heterocycles. The van der Waals surface area contributed by atoms with Gasteiger partial charge in [0.25, 0.3) is 0 Å². The Kier molecular flexibility index (Phi) is 13.8. The molecule has 3 heterocycles. The number of fused-ring (bicyclic) bond motifs is 4. The molecular weight excluding hydrogens is 524 g/mol. The van der Waals surface area contributed by atoms with Crippen molar-refractivity contribution >= 4 is 17.9 Å². The third kappa shape index (κ3) is 12.0. The average molecular weight is 573 g/mol. The van der Waals surface area contributed by atoms with Gasteiger partial charge in [-0.25, -0.2) is 4.79 Å². The first-order valence-corrected chi connectivity index (χ1v) is 15.1. The third-order valence-electron chi connectivity index (χ3n) is 7.94. The summed E-state index contributed by atoms with van der Waals surface area (Å²) in [7, 11) is 2.76. The highest BCUT2D eigenvalue weighted by atomic mass is 16.6. The molecule has 0 aromatic carbocycles. The minimum absolute atomic E-state index is 0.0342. The van der Waals surface area contributed by atoms with Gasteiger partial charge in [-0.05, 0) is 63.4 Å². The summed E-state index contributed by atoms with van der Waals surface area (Å²) in [6.45, 7) is 4.25. The van der Waals surface area contributed by atoms with Crippen LogP contribution in [0.25, 0.3) is 0 Å². The van der Waals surface area contributed by atoms with E-state index in [4.69, 9.17) is 18.9 Å². The molecule has 0 spiro atoms. The molecule has 2 fully saturated rings. The van der Waals surface area contributed by atoms with Crippen LogP contribution in [-0.2, 0) is 38.1 Å². The number of rotatable bonds is 7. The average Bonchev–Trinajstić information content (AvgIpc) is 2.94. The van der Waals surface area contributed by atoms with E-state index in [1.165, 1.54) is 20.3 Å². The Balaban J connectivity index is 1.75. The Morgan fingerprint density at radius 2 is 1.66 bits per heavy atom. The molecule has 8 nitrogen and oxygen atoms in total. The zero-order valence-electron chi connectivity index (χ0n) is 25.1. The zero-order chi connectivity index (χ0) is 29.6. The highest BCUT2D eigenvalue weighted by Crippen LogP contribution is 2.33. The first-order chi connectivity index (χ1) is 19.7. The summed E-state index contributed by atoms with van der Waals surface area (Å²) in [5.41, 5.74) is 0.929. The van der Waals surface area contributed by atoms with Crippen molar-refractivity contribution in [3.8, 4) is 0 Å². The smallest absolute Gasteiger partial charge is 0.330 e. The zero-order valence-corrected chi connectivity index (χ0v) is 25.1. The molecule has 0 saturated carbocycles. The van der Waals surface area contributed by atoms with Gasteiger partial charge in [-0.15, -0.1) is 0 Å². The van der Waals surface area contributed by atoms with Gasteiger partial charge >= 0.3 is 17.9 Å². The van der Waals surface area contributed by atoms with Crippen LogP contribution in [0.3, 0.4) is 0 Å². The molecular formula is C33H48O8. The van der Waals surface area contributed by atoms with Gasteiger partial charge in [0.15, 0.2) is 0 Å². The summed E-state index contributed by atoms with van der Waals surface area (Å²) in [5.74, 6) is -0.643. The normalized spacial score (nSPS) is 33.4. The summed E-state index contributed by atoms with van der Waals surface area (Å²) in [5, 5.41) is 0. The third-order valence-corrected chi connectivity index (χ3v) is 7.94. The lowest BCUT2D eigenvalue weighted by atomic mass is 9.89. The molecule has 0 radical (unpaired) electrons. The first-order valence-electron chi connectivity index (χ1n) is 15.1. The van der Waals surface area contributed by atoms with Crippen LogP contribution >= 0.6 is 0 Å². The van der Waals surface area contributed by atoms with Crippen LogP contribution in [0, 0.1) is 11.8 Å². The first kappa shape index (κ1) is 32.8. The van der Waals surface area contributed by atoms with Crippen LogP contribution in [0.15, 0.2) is 48.1 Å². The minimum atomic E-state index is -0.446. The van der Waals surface area contributed by atoms with Gasteiger partial charge < -0.3 is 23.7 Å². The summed E-state index contributed by atoms with van der Waals surface area (Å²) < 4.78 is 28.4. The Morgan fingerprint density at radius 3 is 2.41 bits per heavy atom. The number of unbranched alkanes of at least 4 members (excludes halogenated alkanes) is 1. The Bertz CT molecular complexity index is 980. The van der Waals surface area contributed by atoms with E-state index in [1.807, 2.05) is 31.2 Å². The van der Waals surface area contributed by atoms with Crippen LogP contribution < -0.4 is 0 Å². The Hall–Kier alpha value is -2.71. The summed E-state index contributed by atoms with van der Waals surface area (Å²) in [4.78, 5) is 36.4. The fraction of sp³-hybridized carbons (Fsp3) is 0.667. The number of allylic oxidation sites excluding steroid dienone is 4. The molecule has 0 unspecified atom stereocenters. The van der Waals surface area contributed by atoms with Crippen molar-refractivity contribution in [1.29, 1.82) is 0 Å². The summed E-state index contributed by atoms with van der Waals surface area (Å²) in [6.07, 6.45) is 20.8. The van der Waals surface area contributed by atoms with Gasteiger partial charge in [-0.3, -0.25) is 9.59 Å². The molecule has 0 N–H and O–H groups in total. The number of hydrogen-bond donors (Lipinski definition) is 0. The predicted octanol–water partition coefficient (Wildman–Crippen LogP) is 5.95. The Labute approximate surface area is 245 Å². The second-order valence-corrected chi connectivity index (χ2v) is 11.6. The molecule has 4 bridgehead atoms. The van der Waals surface area contributed by atoms with E-state index in [1.54, 1.807) is 0 Å². The molecule has 8 heteroatoms. The topological polar surface area (TPSA) is 97.4 Å². The van der Waals surface area contributed by atoms with E-state index in [0.717, 1.165) is 44.1 Å². The lowest BCUT2D eigenvalue weighted by molar-refractivity contribution is -0.154. The Morgan fingerprint density at radius 1 is 0.927 bits per heavy atom. The largest absolute Gasteiger partial charge is 0.469 e. The van der Waals surface area contributed by atoms with Crippen LogP contribution in [0.2, 0.25) is 0 Å². The van der Waals surface area contributed by atoms with Gasteiger partial charge in [0, 0.05) is 24.8 Å². The van der Waals surface area contributed by atoms with Crippen molar-refractivity contribution in [2.24, 2.45) is 11.8 Å². The van der Waals surface area contributed by atoms with E-state index in [9.17, 15) is 14.4 Å². The fourth-order valence-corrected chi connectivity index (χ4v) is 5.75. The number of carbonyl (C=O) groups excluding carboxylic acids is 3. The van der Waals surface area contributed by atoms with Crippen LogP contribution in [-0.4, -0.2) is 62.6 Å². The maximum atomic E-state index is 13.2. The second kappa shape index (κ2) is 17.3. The number of ether oxygens (including phenoxy) is 5. The maximum absolute atomic E-state index is 13.2. The monoisotopic (exact) mass is 572 g/mol. The van der Waals surface area contributed by atoms with E-state index < -0.39 is 12.1 Å². The summed E-state index contributed by atoms with van der Waals surface area (Å²) >= 11 is 0. The quantitative estimate of drug-likeness (QED) is 0.0922. The molecule has 41 heavy (non-hydrogen) atoms. The molecule has 0 aromatic heterocycles. The van der Waals surface area contributed by atoms with Gasteiger partial charge in [-0.2, -0.15) is 0 Å². The lowest BCUT2D eigenvalue weighted by Gasteiger charge is -2.37. The molecule has 0 aliphatic carbocycles. The second-order valence-electron chi connectivity index (χ2n) is 11.6. The van der Waals surface area contributed by atoms with Crippen LogP contribution in [0.5, 0.6) is 0 Å². The van der Waals surface area contributed by atoms with E-state index >= 15 is 0 Å². The number of methoxy groups -OCH3 is 2. The minimum Gasteiger partial charge on any atom is -0.469 e. The van der Waals surface area contributed by atoms with Crippen molar-refractivity contribution in [2.75, 3.05) is 14.2 Å². The molecule has 3 rings (SSSR count). The summed E-state index contributed by atoms with van der Waals surface area (Å²) in [6, 6.07) is 0. The van der Waals surface area contributed by atoms with Crippen LogP contribution in [0.1, 0.15) is 84.5 Å². The lowest BCUT2D eigenvalue weighted by Crippen LogP contribution is -2.37. The maximum Gasteiger partial charge on any atom is 0.330 e. The van der Waals surface area contributed by atoms with Crippen molar-refractivity contribution in [1.82, 2.24) is 0 Å². The van der Waals surface area contributed by atoms with Crippen molar-refractivity contribution in [3.63, 3.8) is 0 Å². The number of carbonyl (C=O) groups is 3. The van der Waals surface area contributed by atoms with E-state index in [-0.39, 0.29) is 48.7 Å². The molecule has 7 atom stereocenters. The fourth-order valence-electron chi connectivity index (χ4n) is 5.75. The highest BCUT2D eigenvalue weighted by molar-refractivity contribution is 5.82. The molecule has 0 aromatic rings. The highest BCUT2D eigenvalue weighted by Gasteiger charge is 2.33. The van der Waals surface area contributed by atoms with Crippen molar-refractivity contribution < 1.29 is 38.1 Å². The van der Waals surface area contributed by atoms with E-state index in [2.05, 4.69) is 23.8 Å². The molecule has 2 saturated heterocycles. The van der Waals surface area contributed by atoms with E-state index in [0.29, 0.717) is 31.6 Å². The predicted molar refractivity (Wildman–Crippen MR) is 156 cm³/mol. The standard InChI is InChI=1S/C33H48O8/c1-23-15-16-24(2)30(13-8-6-5-7-9-14-31(34)37-3)41-33(36)22-29-19-25(20-32(35)38-4)18-28(40-29)21-27-12-10-11-26(17-23)39-27/h5-6,8,13,15-16,20,23-24,26-30H,7,9-12,14,17-19,21-22H2,1-4H3/b6-5-,13-8+,16-15-,25-20-/t23-,24-,26+,27-,28+,29-,30-/m0/s1. The van der Waals surface area contributed by atoms with Gasteiger partial charge in [0.2, 0.25) is 0 Å². The molecule has 0 amide bonds. The molecule has 3 aliphatic rings. The van der Waals surface area contributed by atoms with Crippen molar-refractivity contribution in [3.05, 3.63) is 48.1 Å². The molecule has 228 valence electrons. The number of esters is 3. The number of hydrogen-bond acceptors (Lipinski definition) is 8. The van der Waals surface area contributed by atoms with Crippen molar-refractivity contribution in [2.45, 2.75) is 115 Å². The van der Waals surface area contributed by atoms with Gasteiger partial charge in [-0.1, -0.05) is 49.8 Å². The van der Waals surface area contributed by atoms with Gasteiger partial charge in [0.1, 0.15) is 6.10 Å². The van der Waals surface area contributed by atoms with Gasteiger partial charge in [0.05, 0.1) is 45.1 Å². The SMILES string of the molecule is COC(=O)/C=C1\C[C@H]2CC(=O)O[C@@H](/C=C/C=C\CCCC(=O)OC)[C@@H](C)/C=C\[C@H](C)C[C@H]3CCC[C@@H](C[C@@H](C1)O2)O3. The number of cyclic esters (lactones) is 1.